The van der Waals surface area contributed by atoms with Gasteiger partial charge in [0.1, 0.15) is 5.75 Å². The predicted molar refractivity (Wildman–Crippen MR) is 75.7 cm³/mol. The minimum Gasteiger partial charge on any atom is -0.448 e. The Balaban J connectivity index is 1.98. The van der Waals surface area contributed by atoms with Crippen LogP contribution in [0.4, 0.5) is 5.69 Å². The molecule has 92 valence electrons. The summed E-state index contributed by atoms with van der Waals surface area (Å²) in [4.78, 5) is 0. The summed E-state index contributed by atoms with van der Waals surface area (Å²) in [6, 6.07) is 13.0. The molecule has 1 aliphatic rings. The Morgan fingerprint density at radius 1 is 1.17 bits per heavy atom. The fourth-order valence-corrected chi connectivity index (χ4v) is 2.35. The third kappa shape index (κ3) is 1.96. The Hall–Kier alpha value is -1.23. The van der Waals surface area contributed by atoms with Gasteiger partial charge in [0.05, 0.1) is 5.69 Å². The van der Waals surface area contributed by atoms with Crippen LogP contribution in [0.15, 0.2) is 46.9 Å². The summed E-state index contributed by atoms with van der Waals surface area (Å²) >= 11 is 9.33. The van der Waals surface area contributed by atoms with Gasteiger partial charge in [0.2, 0.25) is 0 Å². The van der Waals surface area contributed by atoms with E-state index >= 15 is 0 Å². The molecule has 5 heteroatoms. The monoisotopic (exact) mass is 324 g/mol. The molecule has 3 rings (SSSR count). The fraction of sp³-hybridized carbons (Fsp3) is 0.0769. The number of hydrogen-bond acceptors (Lipinski definition) is 3. The number of fused-ring (bicyclic) bond motifs is 1. The van der Waals surface area contributed by atoms with Crippen molar-refractivity contribution in [3.05, 3.63) is 57.5 Å². The van der Waals surface area contributed by atoms with E-state index in [9.17, 15) is 0 Å². The largest absolute Gasteiger partial charge is 0.448 e. The molecule has 0 saturated heterocycles. The maximum absolute atomic E-state index is 6.24. The van der Waals surface area contributed by atoms with Crippen LogP contribution in [0.5, 0.6) is 5.75 Å². The normalized spacial score (nSPS) is 21.1. The molecule has 1 aliphatic heterocycles. The zero-order chi connectivity index (χ0) is 12.8. The fourth-order valence-electron chi connectivity index (χ4n) is 1.92. The maximum atomic E-state index is 6.24. The van der Waals surface area contributed by atoms with Crippen molar-refractivity contribution in [3.8, 4) is 5.75 Å². The molecule has 2 aromatic rings. The van der Waals surface area contributed by atoms with Gasteiger partial charge >= 0.3 is 0 Å². The molecule has 2 aromatic carbocycles. The summed E-state index contributed by atoms with van der Waals surface area (Å²) in [7, 11) is 0. The van der Waals surface area contributed by atoms with Crippen molar-refractivity contribution in [1.82, 2.24) is 0 Å². The number of nitrogens with two attached hydrogens (primary N) is 1. The van der Waals surface area contributed by atoms with Crippen LogP contribution in [0.1, 0.15) is 5.56 Å². The Labute approximate surface area is 118 Å². The molecule has 0 saturated carbocycles. The van der Waals surface area contributed by atoms with E-state index in [1.807, 2.05) is 24.3 Å². The van der Waals surface area contributed by atoms with E-state index < -0.39 is 5.85 Å². The van der Waals surface area contributed by atoms with Gasteiger partial charge in [-0.05, 0) is 30.3 Å². The number of anilines is 1. The molecular formula is C13H10BrClN2O. The Morgan fingerprint density at radius 2 is 1.89 bits per heavy atom. The van der Waals surface area contributed by atoms with Crippen molar-refractivity contribution < 1.29 is 4.74 Å². The van der Waals surface area contributed by atoms with E-state index in [0.29, 0.717) is 10.8 Å². The number of nitrogens with one attached hydrogen (secondary N) is 1. The average Bonchev–Trinajstić information content (AvgIpc) is 2.66. The zero-order valence-corrected chi connectivity index (χ0v) is 11.6. The Bertz CT molecular complexity index is 602. The average molecular weight is 326 g/mol. The molecule has 0 bridgehead atoms. The summed E-state index contributed by atoms with van der Waals surface area (Å²) in [5.74, 6) is -0.349. The highest BCUT2D eigenvalue weighted by Crippen LogP contribution is 2.40. The molecule has 3 N–H and O–H groups in total. The van der Waals surface area contributed by atoms with E-state index in [2.05, 4.69) is 21.2 Å². The number of halogens is 2. The van der Waals surface area contributed by atoms with Gasteiger partial charge in [-0.3, -0.25) is 5.73 Å². The lowest BCUT2D eigenvalue weighted by Crippen LogP contribution is -2.46. The highest BCUT2D eigenvalue weighted by atomic mass is 79.9. The highest BCUT2D eigenvalue weighted by molar-refractivity contribution is 9.10. The number of hydrogen-bond donors (Lipinski definition) is 2. The second kappa shape index (κ2) is 4.16. The van der Waals surface area contributed by atoms with E-state index in [1.54, 1.807) is 18.2 Å². The summed E-state index contributed by atoms with van der Waals surface area (Å²) in [5.41, 5.74) is 7.88. The number of rotatable bonds is 1. The Kier molecular flexibility index (Phi) is 2.73. The van der Waals surface area contributed by atoms with E-state index in [-0.39, 0.29) is 0 Å². The molecule has 0 aliphatic carbocycles. The topological polar surface area (TPSA) is 47.3 Å². The smallest absolute Gasteiger partial charge is 0.263 e. The third-order valence-corrected chi connectivity index (χ3v) is 3.57. The number of benzene rings is 2. The van der Waals surface area contributed by atoms with E-state index in [0.717, 1.165) is 15.7 Å². The van der Waals surface area contributed by atoms with Crippen LogP contribution >= 0.6 is 27.5 Å². The van der Waals surface area contributed by atoms with Crippen LogP contribution in [0, 0.1) is 0 Å². The molecule has 0 aromatic heterocycles. The van der Waals surface area contributed by atoms with Crippen LogP contribution < -0.4 is 15.8 Å². The van der Waals surface area contributed by atoms with Crippen molar-refractivity contribution in [2.75, 3.05) is 5.32 Å². The molecular weight excluding hydrogens is 316 g/mol. The third-order valence-electron chi connectivity index (χ3n) is 2.81. The molecule has 0 spiro atoms. The molecule has 1 unspecified atom stereocenters. The van der Waals surface area contributed by atoms with Crippen LogP contribution in [-0.2, 0) is 5.85 Å². The van der Waals surface area contributed by atoms with E-state index in [4.69, 9.17) is 22.1 Å². The van der Waals surface area contributed by atoms with Crippen LogP contribution in [0.3, 0.4) is 0 Å². The first-order valence-electron chi connectivity index (χ1n) is 5.38. The molecule has 1 heterocycles. The lowest BCUT2D eigenvalue weighted by molar-refractivity contribution is 0.126. The highest BCUT2D eigenvalue weighted by Gasteiger charge is 2.36. The van der Waals surface area contributed by atoms with Crippen molar-refractivity contribution in [1.29, 1.82) is 0 Å². The molecule has 18 heavy (non-hydrogen) atoms. The quantitative estimate of drug-likeness (QED) is 0.841. The molecule has 0 amide bonds. The van der Waals surface area contributed by atoms with Gasteiger partial charge in [0.15, 0.2) is 0 Å². The number of ether oxygens (including phenoxy) is 1. The standard InChI is InChI=1S/C13H10BrClN2O/c14-9-3-1-8(2-4-9)13(16)17-11-7-10(15)5-6-12(11)18-13/h1-7,17H,16H2. The predicted octanol–water partition coefficient (Wildman–Crippen LogP) is 3.68. The van der Waals surface area contributed by atoms with Gasteiger partial charge < -0.3 is 10.1 Å². The minimum atomic E-state index is -1.05. The molecule has 0 radical (unpaired) electrons. The lowest BCUT2D eigenvalue weighted by Gasteiger charge is -2.24. The van der Waals surface area contributed by atoms with Gasteiger partial charge in [-0.1, -0.05) is 39.7 Å². The zero-order valence-electron chi connectivity index (χ0n) is 9.28. The molecule has 1 atom stereocenters. The second-order valence-corrected chi connectivity index (χ2v) is 5.46. The van der Waals surface area contributed by atoms with Crippen LogP contribution in [0.25, 0.3) is 0 Å². The maximum Gasteiger partial charge on any atom is 0.263 e. The van der Waals surface area contributed by atoms with Gasteiger partial charge in [-0.15, -0.1) is 0 Å². The van der Waals surface area contributed by atoms with Crippen molar-refractivity contribution in [2.24, 2.45) is 5.73 Å². The molecule has 0 fully saturated rings. The molecule has 3 nitrogen and oxygen atoms in total. The summed E-state index contributed by atoms with van der Waals surface area (Å²) in [6.45, 7) is 0. The van der Waals surface area contributed by atoms with Gasteiger partial charge in [0.25, 0.3) is 5.85 Å². The summed E-state index contributed by atoms with van der Waals surface area (Å²) in [6.07, 6.45) is 0. The van der Waals surface area contributed by atoms with Gasteiger partial charge in [-0.2, -0.15) is 0 Å². The first-order chi connectivity index (χ1) is 8.57. The first-order valence-corrected chi connectivity index (χ1v) is 6.56. The van der Waals surface area contributed by atoms with Crippen molar-refractivity contribution >= 4 is 33.2 Å². The van der Waals surface area contributed by atoms with E-state index in [1.165, 1.54) is 0 Å². The lowest BCUT2D eigenvalue weighted by atomic mass is 10.1. The first kappa shape index (κ1) is 11.8. The summed E-state index contributed by atoms with van der Waals surface area (Å²) in [5, 5.41) is 3.79. The minimum absolute atomic E-state index is 0.643. The summed E-state index contributed by atoms with van der Waals surface area (Å²) < 4.78 is 6.76. The van der Waals surface area contributed by atoms with Crippen LogP contribution in [-0.4, -0.2) is 0 Å². The van der Waals surface area contributed by atoms with Crippen molar-refractivity contribution in [2.45, 2.75) is 5.85 Å². The van der Waals surface area contributed by atoms with Gasteiger partial charge in [0, 0.05) is 15.1 Å². The van der Waals surface area contributed by atoms with Gasteiger partial charge in [-0.25, -0.2) is 0 Å². The van der Waals surface area contributed by atoms with Crippen molar-refractivity contribution in [3.63, 3.8) is 0 Å². The van der Waals surface area contributed by atoms with Crippen LogP contribution in [0.2, 0.25) is 5.02 Å². The second-order valence-electron chi connectivity index (χ2n) is 4.11. The SMILES string of the molecule is NC1(c2ccc(Br)cc2)Nc2cc(Cl)ccc2O1. The Morgan fingerprint density at radius 3 is 2.61 bits per heavy atom.